The topological polar surface area (TPSA) is 63.6 Å². The van der Waals surface area contributed by atoms with E-state index in [1.807, 2.05) is 0 Å². The molecule has 102 valence electrons. The van der Waals surface area contributed by atoms with Crippen LogP contribution in [0.1, 0.15) is 12.0 Å². The molecule has 19 heavy (non-hydrogen) atoms. The number of rotatable bonds is 3. The van der Waals surface area contributed by atoms with E-state index in [0.29, 0.717) is 10.6 Å². The Morgan fingerprint density at radius 1 is 1.42 bits per heavy atom. The summed E-state index contributed by atoms with van der Waals surface area (Å²) < 4.78 is 5.18. The van der Waals surface area contributed by atoms with Crippen LogP contribution in [0.5, 0.6) is 0 Å². The third-order valence-corrected chi connectivity index (χ3v) is 4.15. The van der Waals surface area contributed by atoms with Crippen LogP contribution in [0.3, 0.4) is 0 Å². The fourth-order valence-corrected chi connectivity index (χ4v) is 2.53. The van der Waals surface area contributed by atoms with Gasteiger partial charge in [0.25, 0.3) is 0 Å². The van der Waals surface area contributed by atoms with Crippen molar-refractivity contribution in [3.8, 4) is 0 Å². The van der Waals surface area contributed by atoms with E-state index in [9.17, 15) is 14.7 Å². The highest BCUT2D eigenvalue weighted by molar-refractivity contribution is 6.42. The molecule has 1 unspecified atom stereocenters. The maximum Gasteiger partial charge on any atom is 0.319 e. The molecule has 0 amide bonds. The van der Waals surface area contributed by atoms with Crippen LogP contribution in [0.2, 0.25) is 10.0 Å². The van der Waals surface area contributed by atoms with Crippen molar-refractivity contribution in [2.75, 3.05) is 13.2 Å². The number of carbonyl (C=O) groups is 2. The van der Waals surface area contributed by atoms with E-state index in [2.05, 4.69) is 0 Å². The van der Waals surface area contributed by atoms with E-state index >= 15 is 0 Å². The van der Waals surface area contributed by atoms with Gasteiger partial charge in [0.15, 0.2) is 11.2 Å². The van der Waals surface area contributed by atoms with Crippen molar-refractivity contribution >= 4 is 35.0 Å². The van der Waals surface area contributed by atoms with Crippen molar-refractivity contribution in [1.82, 2.24) is 0 Å². The lowest BCUT2D eigenvalue weighted by molar-refractivity contribution is -0.164. The van der Waals surface area contributed by atoms with Gasteiger partial charge in [0.1, 0.15) is 0 Å². The summed E-state index contributed by atoms with van der Waals surface area (Å²) in [7, 11) is 0. The Morgan fingerprint density at radius 3 is 2.79 bits per heavy atom. The van der Waals surface area contributed by atoms with Gasteiger partial charge in [-0.15, -0.1) is 0 Å². The number of carboxylic acid groups (broad SMARTS) is 1. The molecule has 1 fully saturated rings. The molecule has 1 aliphatic rings. The molecule has 1 aromatic carbocycles. The fourth-order valence-electron chi connectivity index (χ4n) is 2.15. The van der Waals surface area contributed by atoms with Crippen molar-refractivity contribution in [3.05, 3.63) is 33.8 Å². The standard InChI is InChI=1S/C13H12Cl2O4/c14-9-3-1-2-8(11(9)15)6-13(12(17)18)7-19-5-4-10(13)16/h1-3H,4-7H2,(H,17,18). The summed E-state index contributed by atoms with van der Waals surface area (Å²) >= 11 is 11.9. The molecule has 1 N–H and O–H groups in total. The highest BCUT2D eigenvalue weighted by Crippen LogP contribution is 2.34. The number of carboxylic acids is 1. The van der Waals surface area contributed by atoms with Crippen LogP contribution in [0.25, 0.3) is 0 Å². The molecule has 0 spiro atoms. The Bertz CT molecular complexity index is 529. The molecule has 1 saturated heterocycles. The second kappa shape index (κ2) is 5.49. The number of hydrogen-bond donors (Lipinski definition) is 1. The fraction of sp³-hybridized carbons (Fsp3) is 0.385. The molecule has 0 bridgehead atoms. The number of hydrogen-bond acceptors (Lipinski definition) is 3. The molecule has 2 rings (SSSR count). The molecule has 0 saturated carbocycles. The summed E-state index contributed by atoms with van der Waals surface area (Å²) in [4.78, 5) is 23.5. The zero-order valence-electron chi connectivity index (χ0n) is 9.99. The molecule has 0 aromatic heterocycles. The molecular weight excluding hydrogens is 291 g/mol. The quantitative estimate of drug-likeness (QED) is 0.872. The minimum atomic E-state index is -1.56. The van der Waals surface area contributed by atoms with Gasteiger partial charge >= 0.3 is 5.97 Å². The van der Waals surface area contributed by atoms with Gasteiger partial charge in [-0.3, -0.25) is 9.59 Å². The Morgan fingerprint density at radius 2 is 2.16 bits per heavy atom. The molecular formula is C13H12Cl2O4. The van der Waals surface area contributed by atoms with Crippen LogP contribution in [-0.2, 0) is 20.7 Å². The number of ketones is 1. The lowest BCUT2D eigenvalue weighted by Crippen LogP contribution is -2.48. The van der Waals surface area contributed by atoms with Gasteiger partial charge in [-0.25, -0.2) is 0 Å². The van der Waals surface area contributed by atoms with Crippen LogP contribution in [0.15, 0.2) is 18.2 Å². The molecule has 0 radical (unpaired) electrons. The maximum atomic E-state index is 12.0. The number of benzene rings is 1. The normalized spacial score (nSPS) is 23.4. The van der Waals surface area contributed by atoms with Gasteiger partial charge < -0.3 is 9.84 Å². The number of carbonyl (C=O) groups excluding carboxylic acids is 1. The SMILES string of the molecule is O=C(O)C1(Cc2cccc(Cl)c2Cl)COCCC1=O. The highest BCUT2D eigenvalue weighted by Gasteiger charge is 2.48. The number of halogens is 2. The molecule has 1 aliphatic heterocycles. The van der Waals surface area contributed by atoms with E-state index < -0.39 is 11.4 Å². The average Bonchev–Trinajstić information content (AvgIpc) is 2.37. The highest BCUT2D eigenvalue weighted by atomic mass is 35.5. The number of aliphatic carboxylic acids is 1. The summed E-state index contributed by atoms with van der Waals surface area (Å²) in [5, 5.41) is 10.0. The van der Waals surface area contributed by atoms with Crippen LogP contribution < -0.4 is 0 Å². The first-order valence-electron chi connectivity index (χ1n) is 5.75. The first-order valence-corrected chi connectivity index (χ1v) is 6.50. The minimum Gasteiger partial charge on any atom is -0.480 e. The molecule has 4 nitrogen and oxygen atoms in total. The van der Waals surface area contributed by atoms with Gasteiger partial charge in [-0.2, -0.15) is 0 Å². The number of ether oxygens (including phenoxy) is 1. The molecule has 6 heteroatoms. The molecule has 1 atom stereocenters. The monoisotopic (exact) mass is 302 g/mol. The Hall–Kier alpha value is -1.10. The predicted molar refractivity (Wildman–Crippen MR) is 70.7 cm³/mol. The van der Waals surface area contributed by atoms with Crippen molar-refractivity contribution in [2.24, 2.45) is 5.41 Å². The smallest absolute Gasteiger partial charge is 0.319 e. The summed E-state index contributed by atoms with van der Waals surface area (Å²) in [5.74, 6) is -1.52. The van der Waals surface area contributed by atoms with Gasteiger partial charge in [-0.05, 0) is 18.1 Å². The van der Waals surface area contributed by atoms with Crippen LogP contribution >= 0.6 is 23.2 Å². The van der Waals surface area contributed by atoms with Crippen LogP contribution in [-0.4, -0.2) is 30.1 Å². The lowest BCUT2D eigenvalue weighted by atomic mass is 9.76. The minimum absolute atomic E-state index is 0.0133. The summed E-state index contributed by atoms with van der Waals surface area (Å²) in [6, 6.07) is 4.95. The zero-order chi connectivity index (χ0) is 14.0. The van der Waals surface area contributed by atoms with E-state index in [4.69, 9.17) is 27.9 Å². The van der Waals surface area contributed by atoms with Crippen molar-refractivity contribution in [2.45, 2.75) is 12.8 Å². The Balaban J connectivity index is 2.39. The third-order valence-electron chi connectivity index (χ3n) is 3.29. The zero-order valence-corrected chi connectivity index (χ0v) is 11.5. The Kier molecular flexibility index (Phi) is 4.13. The average molecular weight is 303 g/mol. The summed E-state index contributed by atoms with van der Waals surface area (Å²) in [5.41, 5.74) is -1.03. The lowest BCUT2D eigenvalue weighted by Gasteiger charge is -2.31. The van der Waals surface area contributed by atoms with Crippen molar-refractivity contribution in [1.29, 1.82) is 0 Å². The summed E-state index contributed by atoms with van der Waals surface area (Å²) in [6.45, 7) is 0.126. The predicted octanol–water partition coefficient (Wildman–Crippen LogP) is 2.60. The van der Waals surface area contributed by atoms with E-state index in [-0.39, 0.29) is 36.9 Å². The second-order valence-corrected chi connectivity index (χ2v) is 5.29. The second-order valence-electron chi connectivity index (χ2n) is 4.50. The maximum absolute atomic E-state index is 12.0. The third kappa shape index (κ3) is 2.61. The molecule has 1 aromatic rings. The van der Waals surface area contributed by atoms with E-state index in [1.54, 1.807) is 18.2 Å². The van der Waals surface area contributed by atoms with Crippen LogP contribution in [0.4, 0.5) is 0 Å². The van der Waals surface area contributed by atoms with Crippen molar-refractivity contribution in [3.63, 3.8) is 0 Å². The molecule has 1 heterocycles. The Labute approximate surface area is 120 Å². The number of Topliss-reactive ketones (excluding diaryl/α,β-unsaturated/α-hetero) is 1. The van der Waals surface area contributed by atoms with Gasteiger partial charge in [0.05, 0.1) is 23.3 Å². The van der Waals surface area contributed by atoms with E-state index in [1.165, 1.54) is 0 Å². The van der Waals surface area contributed by atoms with Crippen LogP contribution in [0, 0.1) is 5.41 Å². The summed E-state index contributed by atoms with van der Waals surface area (Å²) in [6.07, 6.45) is 0.0883. The van der Waals surface area contributed by atoms with E-state index in [0.717, 1.165) is 0 Å². The first kappa shape index (κ1) is 14.3. The molecule has 0 aliphatic carbocycles. The first-order chi connectivity index (χ1) is 8.97. The largest absolute Gasteiger partial charge is 0.480 e. The van der Waals surface area contributed by atoms with Gasteiger partial charge in [0, 0.05) is 6.42 Å². The van der Waals surface area contributed by atoms with Crippen molar-refractivity contribution < 1.29 is 19.4 Å². The van der Waals surface area contributed by atoms with Gasteiger partial charge in [-0.1, -0.05) is 35.3 Å². The van der Waals surface area contributed by atoms with Gasteiger partial charge in [0.2, 0.25) is 0 Å².